The molecule has 1 N–H and O–H groups in total. The average Bonchev–Trinajstić information content (AvgIpc) is 2.48. The van der Waals surface area contributed by atoms with Crippen LogP contribution in [0.2, 0.25) is 0 Å². The molecule has 0 bridgehead atoms. The molecule has 2 aliphatic heterocycles. The molecule has 2 aliphatic rings. The van der Waals surface area contributed by atoms with Gasteiger partial charge in [-0.15, -0.1) is 0 Å². The van der Waals surface area contributed by atoms with Crippen LogP contribution in [0.1, 0.15) is 20.3 Å². The van der Waals surface area contributed by atoms with Gasteiger partial charge in [0.25, 0.3) is 0 Å². The van der Waals surface area contributed by atoms with Crippen LogP contribution in [-0.2, 0) is 9.53 Å². The normalized spacial score (nSPS) is 37.9. The summed E-state index contributed by atoms with van der Waals surface area (Å²) in [6.07, 6.45) is 1.19. The first-order valence-corrected chi connectivity index (χ1v) is 5.63. The summed E-state index contributed by atoms with van der Waals surface area (Å²) in [5.41, 5.74) is -0.710. The maximum Gasteiger partial charge on any atom is 0.313 e. The minimum Gasteiger partial charge on any atom is -0.481 e. The number of carbonyl (C=O) groups is 1. The van der Waals surface area contributed by atoms with Crippen molar-refractivity contribution in [3.05, 3.63) is 0 Å². The minimum absolute atomic E-state index is 0.0674. The maximum absolute atomic E-state index is 11.2. The van der Waals surface area contributed by atoms with Crippen LogP contribution in [0, 0.1) is 11.3 Å². The number of carboxylic acids is 1. The molecule has 4 nitrogen and oxygen atoms in total. The zero-order chi connectivity index (χ0) is 11.1. The Bertz CT molecular complexity index is 263. The average molecular weight is 213 g/mol. The Balaban J connectivity index is 2.00. The van der Waals surface area contributed by atoms with E-state index in [-0.39, 0.29) is 6.04 Å². The first-order chi connectivity index (χ1) is 7.08. The Morgan fingerprint density at radius 2 is 2.27 bits per heavy atom. The number of ether oxygens (including phenoxy) is 1. The lowest BCUT2D eigenvalue weighted by molar-refractivity contribution is -0.152. The van der Waals surface area contributed by atoms with Crippen molar-refractivity contribution in [2.24, 2.45) is 11.3 Å². The van der Waals surface area contributed by atoms with E-state index in [9.17, 15) is 9.90 Å². The van der Waals surface area contributed by atoms with Gasteiger partial charge in [-0.1, -0.05) is 13.3 Å². The molecule has 0 aromatic heterocycles. The molecule has 15 heavy (non-hydrogen) atoms. The lowest BCUT2D eigenvalue weighted by Gasteiger charge is -2.46. The van der Waals surface area contributed by atoms with Crippen molar-refractivity contribution in [1.82, 2.24) is 4.90 Å². The molecule has 2 saturated heterocycles. The van der Waals surface area contributed by atoms with Crippen LogP contribution in [0.15, 0.2) is 0 Å². The van der Waals surface area contributed by atoms with Crippen LogP contribution in [0.3, 0.4) is 0 Å². The fraction of sp³-hybridized carbons (Fsp3) is 0.909. The van der Waals surface area contributed by atoms with Crippen molar-refractivity contribution >= 4 is 5.97 Å². The minimum atomic E-state index is -0.732. The molecule has 2 atom stereocenters. The summed E-state index contributed by atoms with van der Waals surface area (Å²) in [5.74, 6) is 0.0218. The smallest absolute Gasteiger partial charge is 0.313 e. The first-order valence-electron chi connectivity index (χ1n) is 5.63. The topological polar surface area (TPSA) is 49.8 Å². The molecular formula is C11H19NO3. The van der Waals surface area contributed by atoms with E-state index >= 15 is 0 Å². The van der Waals surface area contributed by atoms with Gasteiger partial charge in [0.15, 0.2) is 0 Å². The highest BCUT2D eigenvalue weighted by atomic mass is 16.5. The zero-order valence-electron chi connectivity index (χ0n) is 9.40. The Kier molecular flexibility index (Phi) is 2.73. The lowest BCUT2D eigenvalue weighted by atomic mass is 9.81. The Morgan fingerprint density at radius 3 is 2.80 bits per heavy atom. The van der Waals surface area contributed by atoms with Crippen LogP contribution in [-0.4, -0.2) is 48.3 Å². The molecule has 2 fully saturated rings. The van der Waals surface area contributed by atoms with Crippen molar-refractivity contribution in [1.29, 1.82) is 0 Å². The highest BCUT2D eigenvalue weighted by molar-refractivity contribution is 5.75. The molecule has 0 aromatic rings. The first kappa shape index (κ1) is 10.9. The molecule has 0 saturated carbocycles. The SMILES string of the molecule is CCC1CN(C2COCC2(C)C(=O)O)C1. The molecule has 0 aromatic carbocycles. The van der Waals surface area contributed by atoms with Gasteiger partial charge in [-0.05, 0) is 12.8 Å². The van der Waals surface area contributed by atoms with Crippen molar-refractivity contribution in [3.8, 4) is 0 Å². The third-order valence-corrected chi connectivity index (χ3v) is 3.91. The van der Waals surface area contributed by atoms with E-state index in [1.165, 1.54) is 6.42 Å². The molecular weight excluding hydrogens is 194 g/mol. The fourth-order valence-corrected chi connectivity index (χ4v) is 2.50. The van der Waals surface area contributed by atoms with Gasteiger partial charge in [-0.3, -0.25) is 9.69 Å². The van der Waals surface area contributed by atoms with Gasteiger partial charge in [-0.2, -0.15) is 0 Å². The summed E-state index contributed by atoms with van der Waals surface area (Å²) >= 11 is 0. The predicted octanol–water partition coefficient (Wildman–Crippen LogP) is 0.818. The molecule has 2 heterocycles. The Hall–Kier alpha value is -0.610. The monoisotopic (exact) mass is 213 g/mol. The van der Waals surface area contributed by atoms with E-state index in [1.807, 2.05) is 0 Å². The number of aliphatic carboxylic acids is 1. The van der Waals surface area contributed by atoms with Gasteiger partial charge in [-0.25, -0.2) is 0 Å². The lowest BCUT2D eigenvalue weighted by Crippen LogP contribution is -2.58. The van der Waals surface area contributed by atoms with Crippen LogP contribution in [0.5, 0.6) is 0 Å². The van der Waals surface area contributed by atoms with E-state index in [2.05, 4.69) is 11.8 Å². The van der Waals surface area contributed by atoms with E-state index in [4.69, 9.17) is 4.74 Å². The number of hydrogen-bond donors (Lipinski definition) is 1. The predicted molar refractivity (Wildman–Crippen MR) is 55.7 cm³/mol. The summed E-state index contributed by atoms with van der Waals surface area (Å²) in [7, 11) is 0. The highest BCUT2D eigenvalue weighted by Crippen LogP contribution is 2.36. The summed E-state index contributed by atoms with van der Waals surface area (Å²) in [6, 6.07) is 0.0674. The number of hydrogen-bond acceptors (Lipinski definition) is 3. The molecule has 86 valence electrons. The summed E-state index contributed by atoms with van der Waals surface area (Å²) in [5, 5.41) is 9.23. The second-order valence-electron chi connectivity index (χ2n) is 4.98. The number of likely N-dealkylation sites (tertiary alicyclic amines) is 1. The number of rotatable bonds is 3. The fourth-order valence-electron chi connectivity index (χ4n) is 2.50. The van der Waals surface area contributed by atoms with E-state index < -0.39 is 11.4 Å². The molecule has 0 radical (unpaired) electrons. The van der Waals surface area contributed by atoms with E-state index in [0.717, 1.165) is 19.0 Å². The molecule has 0 aliphatic carbocycles. The van der Waals surface area contributed by atoms with Crippen molar-refractivity contribution < 1.29 is 14.6 Å². The van der Waals surface area contributed by atoms with Gasteiger partial charge in [0, 0.05) is 13.1 Å². The van der Waals surface area contributed by atoms with Gasteiger partial charge >= 0.3 is 5.97 Å². The van der Waals surface area contributed by atoms with Crippen molar-refractivity contribution in [3.63, 3.8) is 0 Å². The van der Waals surface area contributed by atoms with Crippen LogP contribution >= 0.6 is 0 Å². The van der Waals surface area contributed by atoms with Gasteiger partial charge in [0.1, 0.15) is 5.41 Å². The van der Waals surface area contributed by atoms with Gasteiger partial charge in [0.05, 0.1) is 19.3 Å². The largest absolute Gasteiger partial charge is 0.481 e. The third-order valence-electron chi connectivity index (χ3n) is 3.91. The second-order valence-corrected chi connectivity index (χ2v) is 4.98. The summed E-state index contributed by atoms with van der Waals surface area (Å²) in [4.78, 5) is 13.5. The third kappa shape index (κ3) is 1.66. The zero-order valence-corrected chi connectivity index (χ0v) is 9.40. The number of carboxylic acid groups (broad SMARTS) is 1. The quantitative estimate of drug-likeness (QED) is 0.754. The molecule has 0 spiro atoms. The number of nitrogens with zero attached hydrogens (tertiary/aromatic N) is 1. The van der Waals surface area contributed by atoms with Crippen molar-refractivity contribution in [2.75, 3.05) is 26.3 Å². The standard InChI is InChI=1S/C11H19NO3/c1-3-8-4-12(5-8)9-6-15-7-11(9,2)10(13)14/h8-9H,3-7H2,1-2H3,(H,13,14). The van der Waals surface area contributed by atoms with Crippen LogP contribution < -0.4 is 0 Å². The van der Waals surface area contributed by atoms with E-state index in [0.29, 0.717) is 13.2 Å². The molecule has 2 rings (SSSR count). The molecule has 4 heteroatoms. The van der Waals surface area contributed by atoms with E-state index in [1.54, 1.807) is 6.92 Å². The molecule has 0 amide bonds. The van der Waals surface area contributed by atoms with Gasteiger partial charge < -0.3 is 9.84 Å². The second kappa shape index (κ2) is 3.76. The van der Waals surface area contributed by atoms with Crippen LogP contribution in [0.25, 0.3) is 0 Å². The van der Waals surface area contributed by atoms with Crippen molar-refractivity contribution in [2.45, 2.75) is 26.3 Å². The van der Waals surface area contributed by atoms with Crippen LogP contribution in [0.4, 0.5) is 0 Å². The Labute approximate surface area is 90.2 Å². The summed E-state index contributed by atoms with van der Waals surface area (Å²) < 4.78 is 5.34. The molecule has 2 unspecified atom stereocenters. The van der Waals surface area contributed by atoms with Gasteiger partial charge in [0.2, 0.25) is 0 Å². The maximum atomic E-state index is 11.2. The highest BCUT2D eigenvalue weighted by Gasteiger charge is 2.51. The summed E-state index contributed by atoms with van der Waals surface area (Å²) in [6.45, 7) is 6.97. The Morgan fingerprint density at radius 1 is 1.60 bits per heavy atom.